The van der Waals surface area contributed by atoms with Crippen LogP contribution in [0.2, 0.25) is 0 Å². The van der Waals surface area contributed by atoms with E-state index in [1.54, 1.807) is 6.92 Å². The summed E-state index contributed by atoms with van der Waals surface area (Å²) >= 11 is 1.42. The van der Waals surface area contributed by atoms with Crippen molar-refractivity contribution in [1.29, 1.82) is 5.26 Å². The minimum absolute atomic E-state index is 0.0354. The van der Waals surface area contributed by atoms with Crippen molar-refractivity contribution < 1.29 is 14.3 Å². The van der Waals surface area contributed by atoms with Gasteiger partial charge in [0.2, 0.25) is 5.91 Å². The number of carbonyl (C=O) groups excluding carboxylic acids is 2. The lowest BCUT2D eigenvalue weighted by Gasteiger charge is -2.30. The Morgan fingerprint density at radius 3 is 2.64 bits per heavy atom. The van der Waals surface area contributed by atoms with Crippen molar-refractivity contribution in [1.82, 2.24) is 4.90 Å². The van der Waals surface area contributed by atoms with E-state index in [0.717, 1.165) is 42.9 Å². The van der Waals surface area contributed by atoms with Gasteiger partial charge in [0, 0.05) is 23.8 Å². The van der Waals surface area contributed by atoms with E-state index in [9.17, 15) is 9.59 Å². The normalized spacial score (nSPS) is 15.6. The maximum Gasteiger partial charge on any atom is 0.341 e. The zero-order chi connectivity index (χ0) is 18.4. The fourth-order valence-electron chi connectivity index (χ4n) is 3.00. The van der Waals surface area contributed by atoms with Gasteiger partial charge in [-0.1, -0.05) is 0 Å². The lowest BCUT2D eigenvalue weighted by molar-refractivity contribution is -0.121. The smallest absolute Gasteiger partial charge is 0.341 e. The van der Waals surface area contributed by atoms with Crippen molar-refractivity contribution >= 4 is 28.2 Å². The number of ether oxygens (including phenoxy) is 1. The zero-order valence-electron chi connectivity index (χ0n) is 15.1. The van der Waals surface area contributed by atoms with Crippen molar-refractivity contribution in [3.63, 3.8) is 0 Å². The fraction of sp³-hybridized carbons (Fsp3) is 0.611. The number of aryl methyl sites for hydroxylation is 1. The standard InChI is InChI=1S/C18H25N3O3S/c1-4-24-18(23)15-12(2)13(3)25-17(15)20-16(22)14-6-10-21(11-7-14)9-5-8-19/h14H,4-7,9-11H2,1-3H3,(H,20,22). The zero-order valence-corrected chi connectivity index (χ0v) is 15.9. The topological polar surface area (TPSA) is 82.4 Å². The van der Waals surface area contributed by atoms with Gasteiger partial charge < -0.3 is 15.0 Å². The van der Waals surface area contributed by atoms with Crippen molar-refractivity contribution in [3.8, 4) is 6.07 Å². The summed E-state index contributed by atoms with van der Waals surface area (Å²) in [5.41, 5.74) is 1.34. The number of amides is 1. The van der Waals surface area contributed by atoms with Crippen LogP contribution in [0.25, 0.3) is 0 Å². The second-order valence-electron chi connectivity index (χ2n) is 6.22. The molecule has 2 heterocycles. The molecule has 0 spiro atoms. The summed E-state index contributed by atoms with van der Waals surface area (Å²) in [6.07, 6.45) is 2.07. The summed E-state index contributed by atoms with van der Waals surface area (Å²) in [6, 6.07) is 2.15. The Morgan fingerprint density at radius 1 is 1.36 bits per heavy atom. The molecule has 0 bridgehead atoms. The largest absolute Gasteiger partial charge is 0.462 e. The van der Waals surface area contributed by atoms with Gasteiger partial charge in [-0.3, -0.25) is 4.79 Å². The summed E-state index contributed by atoms with van der Waals surface area (Å²) in [4.78, 5) is 28.0. The number of nitrogens with zero attached hydrogens (tertiary/aromatic N) is 2. The highest BCUT2D eigenvalue weighted by molar-refractivity contribution is 7.16. The molecule has 1 saturated heterocycles. The summed E-state index contributed by atoms with van der Waals surface area (Å²) in [5, 5.41) is 12.2. The van der Waals surface area contributed by atoms with E-state index >= 15 is 0 Å². The second kappa shape index (κ2) is 8.97. The van der Waals surface area contributed by atoms with Crippen LogP contribution in [0.3, 0.4) is 0 Å². The molecule has 25 heavy (non-hydrogen) atoms. The van der Waals surface area contributed by atoms with Gasteiger partial charge in [-0.15, -0.1) is 11.3 Å². The monoisotopic (exact) mass is 363 g/mol. The van der Waals surface area contributed by atoms with Gasteiger partial charge in [-0.25, -0.2) is 4.79 Å². The number of nitrogens with one attached hydrogen (secondary N) is 1. The summed E-state index contributed by atoms with van der Waals surface area (Å²) < 4.78 is 5.12. The Bertz CT molecular complexity index is 670. The van der Waals surface area contributed by atoms with Gasteiger partial charge in [-0.2, -0.15) is 5.26 Å². The number of rotatable bonds is 6. The molecule has 1 aromatic heterocycles. The van der Waals surface area contributed by atoms with Gasteiger partial charge in [0.15, 0.2) is 0 Å². The van der Waals surface area contributed by atoms with Gasteiger partial charge in [0.05, 0.1) is 18.2 Å². The summed E-state index contributed by atoms with van der Waals surface area (Å²) in [7, 11) is 0. The Kier molecular flexibility index (Phi) is 6.97. The number of hydrogen-bond donors (Lipinski definition) is 1. The molecule has 136 valence electrons. The molecule has 1 aliphatic rings. The van der Waals surface area contributed by atoms with E-state index in [2.05, 4.69) is 16.3 Å². The third-order valence-corrected chi connectivity index (χ3v) is 5.72. The van der Waals surface area contributed by atoms with E-state index in [0.29, 0.717) is 23.6 Å². The van der Waals surface area contributed by atoms with Gasteiger partial charge in [-0.05, 0) is 52.3 Å². The predicted octanol–water partition coefficient (Wildman–Crippen LogP) is 3.11. The fourth-order valence-corrected chi connectivity index (χ4v) is 4.06. The third kappa shape index (κ3) is 4.80. The van der Waals surface area contributed by atoms with Crippen LogP contribution in [-0.4, -0.2) is 43.0 Å². The van der Waals surface area contributed by atoms with E-state index in [4.69, 9.17) is 10.00 Å². The van der Waals surface area contributed by atoms with Crippen molar-refractivity contribution in [2.45, 2.75) is 40.0 Å². The number of hydrogen-bond acceptors (Lipinski definition) is 6. The molecule has 1 fully saturated rings. The van der Waals surface area contributed by atoms with E-state index in [1.165, 1.54) is 11.3 Å². The predicted molar refractivity (Wildman–Crippen MR) is 97.8 cm³/mol. The number of esters is 1. The molecule has 0 atom stereocenters. The lowest BCUT2D eigenvalue weighted by atomic mass is 9.96. The molecule has 1 amide bonds. The minimum Gasteiger partial charge on any atom is -0.462 e. The first-order valence-electron chi connectivity index (χ1n) is 8.65. The number of carbonyl (C=O) groups is 2. The van der Waals surface area contributed by atoms with Crippen LogP contribution in [-0.2, 0) is 9.53 Å². The molecule has 7 heteroatoms. The number of thiophene rings is 1. The van der Waals surface area contributed by atoms with Crippen LogP contribution < -0.4 is 5.32 Å². The number of nitriles is 1. The average molecular weight is 363 g/mol. The Morgan fingerprint density at radius 2 is 2.04 bits per heavy atom. The first-order valence-corrected chi connectivity index (χ1v) is 9.46. The Labute approximate surface area is 152 Å². The van der Waals surface area contributed by atoms with Crippen LogP contribution in [0.4, 0.5) is 5.00 Å². The second-order valence-corrected chi connectivity index (χ2v) is 7.45. The highest BCUT2D eigenvalue weighted by atomic mass is 32.1. The summed E-state index contributed by atoms with van der Waals surface area (Å²) in [5.74, 6) is -0.478. The number of likely N-dealkylation sites (tertiary alicyclic amines) is 1. The maximum absolute atomic E-state index is 12.6. The van der Waals surface area contributed by atoms with Crippen molar-refractivity contribution in [2.24, 2.45) is 5.92 Å². The number of anilines is 1. The highest BCUT2D eigenvalue weighted by Crippen LogP contribution is 2.34. The molecule has 0 saturated carbocycles. The highest BCUT2D eigenvalue weighted by Gasteiger charge is 2.27. The molecule has 1 aromatic rings. The van der Waals surface area contributed by atoms with Crippen LogP contribution in [0.15, 0.2) is 0 Å². The maximum atomic E-state index is 12.6. The van der Waals surface area contributed by atoms with Crippen LogP contribution in [0.1, 0.15) is 47.0 Å². The van der Waals surface area contributed by atoms with Gasteiger partial charge in [0.25, 0.3) is 0 Å². The molecule has 0 radical (unpaired) electrons. The average Bonchev–Trinajstić information content (AvgIpc) is 2.87. The van der Waals surface area contributed by atoms with Crippen molar-refractivity contribution in [3.05, 3.63) is 16.0 Å². The molecule has 0 unspecified atom stereocenters. The van der Waals surface area contributed by atoms with Gasteiger partial charge >= 0.3 is 5.97 Å². The molecule has 2 rings (SSSR count). The van der Waals surface area contributed by atoms with E-state index in [1.807, 2.05) is 13.8 Å². The molecule has 1 N–H and O–H groups in total. The van der Waals surface area contributed by atoms with E-state index in [-0.39, 0.29) is 17.8 Å². The molecular formula is C18H25N3O3S. The van der Waals surface area contributed by atoms with Crippen LogP contribution in [0, 0.1) is 31.1 Å². The molecule has 0 aromatic carbocycles. The molecular weight excluding hydrogens is 338 g/mol. The van der Waals surface area contributed by atoms with Crippen LogP contribution >= 0.6 is 11.3 Å². The molecule has 1 aliphatic heterocycles. The lowest BCUT2D eigenvalue weighted by Crippen LogP contribution is -2.38. The SMILES string of the molecule is CCOC(=O)c1c(NC(=O)C2CCN(CCC#N)CC2)sc(C)c1C. The first-order chi connectivity index (χ1) is 12.0. The molecule has 6 nitrogen and oxygen atoms in total. The quantitative estimate of drug-likeness (QED) is 0.785. The first kappa shape index (κ1) is 19.4. The molecule has 0 aliphatic carbocycles. The minimum atomic E-state index is -0.383. The Balaban J connectivity index is 2.01. The van der Waals surface area contributed by atoms with Gasteiger partial charge in [0.1, 0.15) is 5.00 Å². The third-order valence-electron chi connectivity index (χ3n) is 4.60. The van der Waals surface area contributed by atoms with E-state index < -0.39 is 0 Å². The van der Waals surface area contributed by atoms with Crippen molar-refractivity contribution in [2.75, 3.05) is 31.6 Å². The number of piperidine rings is 1. The summed E-state index contributed by atoms with van der Waals surface area (Å²) in [6.45, 7) is 8.31. The Hall–Kier alpha value is -1.91. The van der Waals surface area contributed by atoms with Crippen LogP contribution in [0.5, 0.6) is 0 Å².